The van der Waals surface area contributed by atoms with Crippen LogP contribution in [0.1, 0.15) is 12.7 Å². The standard InChI is InChI=1S/C9H9N3O2S/c1-6(7-3-2-4-14-7)11-12-9-10-8(13)5-15-9/h2-4H,5H2,1H3,(H,10,12,13)/b11-6+. The average molecular weight is 223 g/mol. The second-order valence-corrected chi connectivity index (χ2v) is 3.87. The lowest BCUT2D eigenvalue weighted by Gasteiger charge is -1.93. The number of amides is 1. The molecule has 0 aromatic carbocycles. The first-order valence-corrected chi connectivity index (χ1v) is 5.33. The number of nitrogens with zero attached hydrogens (tertiary/aromatic N) is 2. The van der Waals surface area contributed by atoms with Crippen LogP contribution in [-0.4, -0.2) is 22.5 Å². The molecule has 2 rings (SSSR count). The zero-order valence-corrected chi connectivity index (χ0v) is 8.87. The quantitative estimate of drug-likeness (QED) is 0.605. The number of carbonyl (C=O) groups is 1. The minimum Gasteiger partial charge on any atom is -0.463 e. The van der Waals surface area contributed by atoms with Crippen molar-refractivity contribution in [3.63, 3.8) is 0 Å². The number of furan rings is 1. The van der Waals surface area contributed by atoms with Crippen LogP contribution in [-0.2, 0) is 4.79 Å². The predicted molar refractivity (Wildman–Crippen MR) is 59.0 cm³/mol. The van der Waals surface area contributed by atoms with Crippen LogP contribution >= 0.6 is 11.8 Å². The van der Waals surface area contributed by atoms with Gasteiger partial charge in [0.15, 0.2) is 5.17 Å². The zero-order chi connectivity index (χ0) is 10.7. The minimum atomic E-state index is -0.0374. The summed E-state index contributed by atoms with van der Waals surface area (Å²) < 4.78 is 5.14. The molecule has 1 amide bonds. The van der Waals surface area contributed by atoms with Crippen LogP contribution in [0.4, 0.5) is 0 Å². The molecule has 0 aliphatic carbocycles. The summed E-state index contributed by atoms with van der Waals surface area (Å²) in [6, 6.07) is 3.59. The molecule has 1 aromatic heterocycles. The molecule has 0 atom stereocenters. The first-order valence-electron chi connectivity index (χ1n) is 4.34. The Bertz CT molecular complexity index is 423. The molecular formula is C9H9N3O2S. The number of rotatable bonds is 2. The summed E-state index contributed by atoms with van der Waals surface area (Å²) in [4.78, 5) is 10.8. The fourth-order valence-electron chi connectivity index (χ4n) is 1.03. The fourth-order valence-corrected chi connectivity index (χ4v) is 1.66. The molecular weight excluding hydrogens is 214 g/mol. The van der Waals surface area contributed by atoms with Crippen LogP contribution in [0.25, 0.3) is 0 Å². The number of amidine groups is 1. The summed E-state index contributed by atoms with van der Waals surface area (Å²) in [5, 5.41) is 11.0. The molecule has 0 bridgehead atoms. The lowest BCUT2D eigenvalue weighted by Crippen LogP contribution is -2.19. The van der Waals surface area contributed by atoms with Crippen molar-refractivity contribution in [1.82, 2.24) is 5.32 Å². The van der Waals surface area contributed by atoms with Crippen LogP contribution in [0.5, 0.6) is 0 Å². The number of carbonyl (C=O) groups excluding carboxylic acids is 1. The fraction of sp³-hybridized carbons (Fsp3) is 0.222. The molecule has 0 unspecified atom stereocenters. The lowest BCUT2D eigenvalue weighted by molar-refractivity contribution is -0.116. The summed E-state index contributed by atoms with van der Waals surface area (Å²) in [7, 11) is 0. The number of hydrogen-bond donors (Lipinski definition) is 1. The van der Waals surface area contributed by atoms with E-state index in [0.29, 0.717) is 22.4 Å². The number of nitrogens with one attached hydrogen (secondary N) is 1. The van der Waals surface area contributed by atoms with Crippen LogP contribution < -0.4 is 5.32 Å². The number of thioether (sulfide) groups is 1. The molecule has 1 aliphatic heterocycles. The van der Waals surface area contributed by atoms with Crippen molar-refractivity contribution >= 4 is 28.5 Å². The van der Waals surface area contributed by atoms with E-state index in [2.05, 4.69) is 15.5 Å². The normalized spacial score (nSPS) is 19.7. The molecule has 0 radical (unpaired) electrons. The Morgan fingerprint density at radius 1 is 1.67 bits per heavy atom. The van der Waals surface area contributed by atoms with Gasteiger partial charge >= 0.3 is 0 Å². The zero-order valence-electron chi connectivity index (χ0n) is 8.06. The van der Waals surface area contributed by atoms with Gasteiger partial charge in [0, 0.05) is 0 Å². The molecule has 5 nitrogen and oxygen atoms in total. The van der Waals surface area contributed by atoms with Crippen molar-refractivity contribution in [3.8, 4) is 0 Å². The lowest BCUT2D eigenvalue weighted by atomic mass is 10.3. The summed E-state index contributed by atoms with van der Waals surface area (Å²) >= 11 is 1.34. The van der Waals surface area contributed by atoms with E-state index in [1.807, 2.05) is 0 Å². The maximum Gasteiger partial charge on any atom is 0.236 e. The SMILES string of the molecule is C/C(=N\N=C1/NC(=O)CS1)c1ccco1. The third kappa shape index (κ3) is 2.47. The maximum absolute atomic E-state index is 10.8. The Hall–Kier alpha value is -1.56. The topological polar surface area (TPSA) is 67.0 Å². The molecule has 0 saturated carbocycles. The Morgan fingerprint density at radius 2 is 2.53 bits per heavy atom. The minimum absolute atomic E-state index is 0.0374. The van der Waals surface area contributed by atoms with Crippen LogP contribution in [0, 0.1) is 0 Å². The van der Waals surface area contributed by atoms with Gasteiger partial charge in [0.2, 0.25) is 5.91 Å². The molecule has 6 heteroatoms. The molecule has 2 heterocycles. The van der Waals surface area contributed by atoms with E-state index in [9.17, 15) is 4.79 Å². The molecule has 1 fully saturated rings. The highest BCUT2D eigenvalue weighted by Crippen LogP contribution is 2.09. The smallest absolute Gasteiger partial charge is 0.236 e. The van der Waals surface area contributed by atoms with Crippen LogP contribution in [0.2, 0.25) is 0 Å². The molecule has 0 spiro atoms. The largest absolute Gasteiger partial charge is 0.463 e. The third-order valence-electron chi connectivity index (χ3n) is 1.75. The Morgan fingerprint density at radius 3 is 3.13 bits per heavy atom. The van der Waals surface area contributed by atoms with Gasteiger partial charge in [-0.15, -0.1) is 10.2 Å². The first-order chi connectivity index (χ1) is 7.25. The van der Waals surface area contributed by atoms with Gasteiger partial charge in [-0.1, -0.05) is 11.8 Å². The summed E-state index contributed by atoms with van der Waals surface area (Å²) in [6.07, 6.45) is 1.58. The highest BCUT2D eigenvalue weighted by Gasteiger charge is 2.16. The van der Waals surface area contributed by atoms with Crippen molar-refractivity contribution in [2.45, 2.75) is 6.92 Å². The number of hydrogen-bond acceptors (Lipinski definition) is 5. The second kappa shape index (κ2) is 4.31. The van der Waals surface area contributed by atoms with Gasteiger partial charge < -0.3 is 9.73 Å². The van der Waals surface area contributed by atoms with Gasteiger partial charge in [0.25, 0.3) is 0 Å². The Labute approximate surface area is 90.6 Å². The van der Waals surface area contributed by atoms with Gasteiger partial charge in [-0.3, -0.25) is 4.79 Å². The van der Waals surface area contributed by atoms with E-state index in [0.717, 1.165) is 0 Å². The van der Waals surface area contributed by atoms with E-state index in [-0.39, 0.29) is 5.91 Å². The summed E-state index contributed by atoms with van der Waals surface area (Å²) in [5.41, 5.74) is 0.675. The predicted octanol–water partition coefficient (Wildman–Crippen LogP) is 1.22. The van der Waals surface area contributed by atoms with Crippen LogP contribution in [0.15, 0.2) is 33.0 Å². The Kier molecular flexibility index (Phi) is 2.86. The van der Waals surface area contributed by atoms with Gasteiger partial charge in [-0.2, -0.15) is 0 Å². The second-order valence-electron chi connectivity index (χ2n) is 2.90. The highest BCUT2D eigenvalue weighted by molar-refractivity contribution is 8.15. The average Bonchev–Trinajstić information content (AvgIpc) is 2.84. The summed E-state index contributed by atoms with van der Waals surface area (Å²) in [6.45, 7) is 1.80. The molecule has 1 saturated heterocycles. The maximum atomic E-state index is 10.8. The van der Waals surface area contributed by atoms with Gasteiger partial charge in [-0.25, -0.2) is 0 Å². The van der Waals surface area contributed by atoms with Gasteiger partial charge in [0.1, 0.15) is 11.5 Å². The molecule has 1 N–H and O–H groups in total. The van der Waals surface area contributed by atoms with Crippen molar-refractivity contribution < 1.29 is 9.21 Å². The van der Waals surface area contributed by atoms with E-state index in [1.54, 1.807) is 25.3 Å². The highest BCUT2D eigenvalue weighted by atomic mass is 32.2. The summed E-state index contributed by atoms with van der Waals surface area (Å²) in [5.74, 6) is 1.05. The van der Waals surface area contributed by atoms with E-state index in [1.165, 1.54) is 11.8 Å². The van der Waals surface area contributed by atoms with Gasteiger partial charge in [0.05, 0.1) is 12.0 Å². The van der Waals surface area contributed by atoms with E-state index < -0.39 is 0 Å². The molecule has 1 aromatic rings. The van der Waals surface area contributed by atoms with Crippen molar-refractivity contribution in [3.05, 3.63) is 24.2 Å². The first kappa shape index (κ1) is 9.97. The van der Waals surface area contributed by atoms with E-state index >= 15 is 0 Å². The van der Waals surface area contributed by atoms with Gasteiger partial charge in [-0.05, 0) is 19.1 Å². The Balaban J connectivity index is 2.08. The third-order valence-corrected chi connectivity index (χ3v) is 2.62. The molecule has 1 aliphatic rings. The van der Waals surface area contributed by atoms with Crippen molar-refractivity contribution in [1.29, 1.82) is 0 Å². The molecule has 78 valence electrons. The molecule has 15 heavy (non-hydrogen) atoms. The van der Waals surface area contributed by atoms with Crippen LogP contribution in [0.3, 0.4) is 0 Å². The monoisotopic (exact) mass is 223 g/mol. The van der Waals surface area contributed by atoms with Crippen molar-refractivity contribution in [2.75, 3.05) is 5.75 Å². The van der Waals surface area contributed by atoms with Crippen molar-refractivity contribution in [2.24, 2.45) is 10.2 Å². The van der Waals surface area contributed by atoms with E-state index in [4.69, 9.17) is 4.42 Å².